The normalized spacial score (nSPS) is 21.8. The van der Waals surface area contributed by atoms with Gasteiger partial charge in [0.2, 0.25) is 0 Å². The number of aryl methyl sites for hydroxylation is 1. The highest BCUT2D eigenvalue weighted by Crippen LogP contribution is 2.32. The number of nitrogens with one attached hydrogen (secondary N) is 2. The van der Waals surface area contributed by atoms with Crippen molar-refractivity contribution in [3.8, 4) is 6.01 Å². The van der Waals surface area contributed by atoms with Crippen molar-refractivity contribution in [1.82, 2.24) is 25.1 Å². The molecule has 1 amide bonds. The molecule has 2 aliphatic rings. The smallest absolute Gasteiger partial charge is 0.317 e. The number of amides is 1. The quantitative estimate of drug-likeness (QED) is 0.414. The van der Waals surface area contributed by atoms with E-state index in [-0.39, 0.29) is 17.6 Å². The highest BCUT2D eigenvalue weighted by atomic mass is 19.1. The van der Waals surface area contributed by atoms with E-state index in [0.717, 1.165) is 30.6 Å². The third-order valence-electron chi connectivity index (χ3n) is 6.94. The molecule has 6 rings (SSSR count). The SMILES string of the molecule is C[C@@H]1CN(c2ccc(C(=O)Nc3cc(F)c4nn(C)cc4c3)c3nc(O[C@@H]4CCOC4)ncc23)C[C@H](C)N1. The summed E-state index contributed by atoms with van der Waals surface area (Å²) >= 11 is 0. The fourth-order valence-corrected chi connectivity index (χ4v) is 5.37. The Kier molecular flexibility index (Phi) is 6.32. The van der Waals surface area contributed by atoms with Gasteiger partial charge in [0.1, 0.15) is 11.6 Å². The summed E-state index contributed by atoms with van der Waals surface area (Å²) in [7, 11) is 1.72. The van der Waals surface area contributed by atoms with Crippen LogP contribution >= 0.6 is 0 Å². The van der Waals surface area contributed by atoms with E-state index >= 15 is 0 Å². The van der Waals surface area contributed by atoms with Gasteiger partial charge in [-0.3, -0.25) is 9.48 Å². The minimum atomic E-state index is -0.502. The van der Waals surface area contributed by atoms with Crippen LogP contribution in [0.5, 0.6) is 6.01 Å². The number of aromatic nitrogens is 4. The molecular weight excluding hydrogens is 489 g/mol. The lowest BCUT2D eigenvalue weighted by molar-refractivity contribution is 0.102. The van der Waals surface area contributed by atoms with Crippen molar-refractivity contribution in [2.24, 2.45) is 7.05 Å². The van der Waals surface area contributed by atoms with Crippen molar-refractivity contribution >= 4 is 39.1 Å². The summed E-state index contributed by atoms with van der Waals surface area (Å²) in [5.41, 5.74) is 2.37. The Labute approximate surface area is 219 Å². The maximum atomic E-state index is 14.6. The van der Waals surface area contributed by atoms with E-state index in [9.17, 15) is 9.18 Å². The van der Waals surface area contributed by atoms with Crippen LogP contribution in [0.15, 0.2) is 36.7 Å². The maximum absolute atomic E-state index is 14.6. The fourth-order valence-electron chi connectivity index (χ4n) is 5.37. The van der Waals surface area contributed by atoms with Gasteiger partial charge in [-0.15, -0.1) is 0 Å². The number of ether oxygens (including phenoxy) is 2. The number of hydrogen-bond donors (Lipinski definition) is 2. The van der Waals surface area contributed by atoms with Crippen molar-refractivity contribution < 1.29 is 18.7 Å². The van der Waals surface area contributed by atoms with Crippen molar-refractivity contribution in [3.63, 3.8) is 0 Å². The van der Waals surface area contributed by atoms with E-state index in [1.165, 1.54) is 10.7 Å². The highest BCUT2D eigenvalue weighted by molar-refractivity contribution is 6.14. The second-order valence-electron chi connectivity index (χ2n) is 10.2. The van der Waals surface area contributed by atoms with Crippen LogP contribution in [-0.4, -0.2) is 70.1 Å². The first-order valence-electron chi connectivity index (χ1n) is 12.8. The van der Waals surface area contributed by atoms with Crippen LogP contribution in [-0.2, 0) is 11.8 Å². The minimum Gasteiger partial charge on any atom is -0.458 e. The molecule has 0 aliphatic carbocycles. The molecule has 198 valence electrons. The molecule has 0 unspecified atom stereocenters. The first-order valence-corrected chi connectivity index (χ1v) is 12.8. The van der Waals surface area contributed by atoms with Gasteiger partial charge in [-0.2, -0.15) is 10.1 Å². The molecule has 3 atom stereocenters. The van der Waals surface area contributed by atoms with Crippen LogP contribution in [0.1, 0.15) is 30.6 Å². The van der Waals surface area contributed by atoms with Crippen molar-refractivity contribution in [1.29, 1.82) is 0 Å². The molecule has 0 saturated carbocycles. The fraction of sp³-hybridized carbons (Fsp3) is 0.407. The molecule has 4 heterocycles. The monoisotopic (exact) mass is 519 g/mol. The predicted molar refractivity (Wildman–Crippen MR) is 142 cm³/mol. The van der Waals surface area contributed by atoms with Gasteiger partial charge in [-0.25, -0.2) is 9.37 Å². The summed E-state index contributed by atoms with van der Waals surface area (Å²) in [6.45, 7) is 7.04. The lowest BCUT2D eigenvalue weighted by atomic mass is 10.0. The van der Waals surface area contributed by atoms with Gasteiger partial charge in [-0.1, -0.05) is 0 Å². The van der Waals surface area contributed by atoms with Crippen LogP contribution in [0.4, 0.5) is 15.8 Å². The summed E-state index contributed by atoms with van der Waals surface area (Å²) in [5, 5.41) is 11.9. The van der Waals surface area contributed by atoms with Crippen LogP contribution in [0.3, 0.4) is 0 Å². The summed E-state index contributed by atoms with van der Waals surface area (Å²) < 4.78 is 27.6. The van der Waals surface area contributed by atoms with Crippen molar-refractivity contribution in [3.05, 3.63) is 48.0 Å². The molecule has 2 aromatic heterocycles. The van der Waals surface area contributed by atoms with Crippen LogP contribution in [0, 0.1) is 5.82 Å². The topological polar surface area (TPSA) is 106 Å². The number of fused-ring (bicyclic) bond motifs is 2. The second kappa shape index (κ2) is 9.80. The molecule has 4 aromatic rings. The number of carbonyl (C=O) groups is 1. The second-order valence-corrected chi connectivity index (χ2v) is 10.2. The minimum absolute atomic E-state index is 0.128. The molecule has 38 heavy (non-hydrogen) atoms. The zero-order valence-electron chi connectivity index (χ0n) is 21.6. The lowest BCUT2D eigenvalue weighted by Crippen LogP contribution is -2.54. The van der Waals surface area contributed by atoms with Gasteiger partial charge in [-0.05, 0) is 38.1 Å². The number of nitrogens with zero attached hydrogens (tertiary/aromatic N) is 5. The van der Waals surface area contributed by atoms with Gasteiger partial charge in [0.05, 0.1) is 24.3 Å². The molecule has 2 aromatic carbocycles. The maximum Gasteiger partial charge on any atom is 0.317 e. The molecule has 11 heteroatoms. The molecule has 2 saturated heterocycles. The van der Waals surface area contributed by atoms with E-state index in [1.807, 2.05) is 6.07 Å². The molecule has 0 bridgehead atoms. The molecule has 2 fully saturated rings. The Balaban J connectivity index is 1.38. The zero-order valence-corrected chi connectivity index (χ0v) is 21.6. The number of anilines is 2. The first kappa shape index (κ1) is 24.5. The van der Waals surface area contributed by atoms with Crippen LogP contribution in [0.2, 0.25) is 0 Å². The van der Waals surface area contributed by atoms with Crippen LogP contribution < -0.4 is 20.3 Å². The Morgan fingerprint density at radius 2 is 2.03 bits per heavy atom. The number of halogens is 1. The zero-order chi connectivity index (χ0) is 26.4. The largest absolute Gasteiger partial charge is 0.458 e. The van der Waals surface area contributed by atoms with Crippen molar-refractivity contribution in [2.45, 2.75) is 38.5 Å². The average Bonchev–Trinajstić information content (AvgIpc) is 3.51. The summed E-state index contributed by atoms with van der Waals surface area (Å²) in [5.74, 6) is -0.905. The van der Waals surface area contributed by atoms with Gasteiger partial charge in [0, 0.05) is 73.2 Å². The molecule has 0 spiro atoms. The first-order chi connectivity index (χ1) is 18.3. The van der Waals surface area contributed by atoms with Crippen molar-refractivity contribution in [2.75, 3.05) is 36.5 Å². The average molecular weight is 520 g/mol. The summed E-state index contributed by atoms with van der Waals surface area (Å²) in [6.07, 6.45) is 4.06. The van der Waals surface area contributed by atoms with E-state index < -0.39 is 11.7 Å². The number of piperazine rings is 1. The van der Waals surface area contributed by atoms with Gasteiger partial charge in [0.25, 0.3) is 5.91 Å². The van der Waals surface area contributed by atoms with E-state index in [0.29, 0.717) is 47.5 Å². The lowest BCUT2D eigenvalue weighted by Gasteiger charge is -2.38. The number of rotatable bonds is 5. The van der Waals surface area contributed by atoms with E-state index in [4.69, 9.17) is 9.47 Å². The predicted octanol–water partition coefficient (Wildman–Crippen LogP) is 3.26. The van der Waals surface area contributed by atoms with Gasteiger partial charge >= 0.3 is 6.01 Å². The van der Waals surface area contributed by atoms with Gasteiger partial charge < -0.3 is 25.0 Å². The Morgan fingerprint density at radius 3 is 2.79 bits per heavy atom. The number of benzene rings is 2. The summed E-state index contributed by atoms with van der Waals surface area (Å²) in [6, 6.07) is 7.48. The third kappa shape index (κ3) is 4.74. The third-order valence-corrected chi connectivity index (χ3v) is 6.94. The standard InChI is InChI=1S/C27H30FN7O3/c1-15-11-35(12-16(2)30-15)23-5-4-20(25-21(23)10-29-27(32-25)38-19-6-7-37-14-19)26(36)31-18-8-17-13-34(3)33-24(17)22(28)9-18/h4-5,8-10,13,15-16,19,30H,6-7,11-12,14H2,1-3H3,(H,31,36)/t15-,16+,19-/m1/s1. The van der Waals surface area contributed by atoms with Gasteiger partial charge in [0.15, 0.2) is 5.82 Å². The molecule has 0 radical (unpaired) electrons. The Hall–Kier alpha value is -3.83. The molecule has 2 N–H and O–H groups in total. The summed E-state index contributed by atoms with van der Waals surface area (Å²) in [4.78, 5) is 25.0. The molecular formula is C27H30FN7O3. The molecule has 10 nitrogen and oxygen atoms in total. The highest BCUT2D eigenvalue weighted by Gasteiger charge is 2.26. The van der Waals surface area contributed by atoms with E-state index in [1.54, 1.807) is 31.6 Å². The van der Waals surface area contributed by atoms with E-state index in [2.05, 4.69) is 44.4 Å². The Morgan fingerprint density at radius 1 is 1.21 bits per heavy atom. The molecule has 2 aliphatic heterocycles. The number of carbonyl (C=O) groups excluding carboxylic acids is 1. The Bertz CT molecular complexity index is 1510. The number of hydrogen-bond acceptors (Lipinski definition) is 8. The van der Waals surface area contributed by atoms with Crippen LogP contribution in [0.25, 0.3) is 21.8 Å².